The minimum atomic E-state index is -4.61. The van der Waals surface area contributed by atoms with Crippen LogP contribution in [0.4, 0.5) is 0 Å². The Kier molecular flexibility index (Phi) is 36.3. The largest absolute Gasteiger partial charge is 0.462 e. The van der Waals surface area contributed by atoms with E-state index >= 15 is 0 Å². The number of aliphatic hydroxyl groups excluding tert-OH is 3. The Morgan fingerprint density at radius 2 is 0.968 bits per heavy atom. The lowest BCUT2D eigenvalue weighted by molar-refractivity contribution is -0.297. The van der Waals surface area contributed by atoms with Crippen LogP contribution in [0.15, 0.2) is 48.6 Å². The molecule has 0 amide bonds. The molecule has 13 heteroatoms. The standard InChI is InChI=1S/C49H86O12S/c1-3-5-7-9-11-13-15-17-19-21-23-25-27-29-31-33-35-37-44(50)58-39-42(40-59-49-48(54)47(53)46(52)43(61-49)41-62(55,56)57)60-45(51)38-36-34-32-30-28-26-24-22-20-18-16-14-12-10-8-6-4-2/h11-14,17-20,42-43,46-49,52-54H,3-10,15-16,21-41H2,1-2H3,(H,55,56,57)/b13-11+,14-12+,19-17+,20-18+/t42-,43-,46-,47?,48?,49+/m1/s1. The summed E-state index contributed by atoms with van der Waals surface area (Å²) in [6, 6.07) is 0. The molecule has 0 aromatic heterocycles. The van der Waals surface area contributed by atoms with Crippen LogP contribution in [0.1, 0.15) is 194 Å². The normalized spacial score (nSPS) is 20.3. The molecule has 0 spiro atoms. The minimum absolute atomic E-state index is 0.153. The van der Waals surface area contributed by atoms with Gasteiger partial charge in [-0.1, -0.05) is 152 Å². The number of unbranched alkanes of at least 4 members (excludes halogenated alkanes) is 20. The van der Waals surface area contributed by atoms with Gasteiger partial charge in [0, 0.05) is 12.8 Å². The van der Waals surface area contributed by atoms with E-state index in [1.165, 1.54) is 70.6 Å². The van der Waals surface area contributed by atoms with Crippen molar-refractivity contribution >= 4 is 22.1 Å². The fourth-order valence-corrected chi connectivity index (χ4v) is 7.78. The van der Waals surface area contributed by atoms with Crippen molar-refractivity contribution in [2.75, 3.05) is 19.0 Å². The van der Waals surface area contributed by atoms with Crippen molar-refractivity contribution < 1.29 is 56.8 Å². The van der Waals surface area contributed by atoms with Crippen LogP contribution < -0.4 is 0 Å². The first-order chi connectivity index (χ1) is 30.0. The van der Waals surface area contributed by atoms with E-state index < -0.39 is 71.2 Å². The minimum Gasteiger partial charge on any atom is -0.462 e. The van der Waals surface area contributed by atoms with Gasteiger partial charge in [0.15, 0.2) is 12.4 Å². The molecular formula is C49H86O12S. The first kappa shape index (κ1) is 57.6. The maximum atomic E-state index is 12.8. The molecular weight excluding hydrogens is 813 g/mol. The van der Waals surface area contributed by atoms with Gasteiger partial charge in [-0.05, 0) is 77.0 Å². The number of allylic oxidation sites excluding steroid dienone is 8. The zero-order valence-electron chi connectivity index (χ0n) is 38.5. The molecule has 1 rings (SSSR count). The van der Waals surface area contributed by atoms with Crippen LogP contribution in [-0.4, -0.2) is 96.0 Å². The average Bonchev–Trinajstić information content (AvgIpc) is 3.24. The van der Waals surface area contributed by atoms with Crippen LogP contribution in [0, 0.1) is 0 Å². The van der Waals surface area contributed by atoms with Gasteiger partial charge in [-0.25, -0.2) is 0 Å². The van der Waals surface area contributed by atoms with E-state index in [9.17, 15) is 37.9 Å². The van der Waals surface area contributed by atoms with E-state index in [4.69, 9.17) is 18.9 Å². The predicted octanol–water partition coefficient (Wildman–Crippen LogP) is 10.3. The molecule has 0 bridgehead atoms. The topological polar surface area (TPSA) is 186 Å². The highest BCUT2D eigenvalue weighted by atomic mass is 32.2. The molecule has 0 aliphatic carbocycles. The number of carbonyl (C=O) groups is 2. The summed E-state index contributed by atoms with van der Waals surface area (Å²) in [5.41, 5.74) is 0. The number of aliphatic hydroxyl groups is 3. The molecule has 12 nitrogen and oxygen atoms in total. The van der Waals surface area contributed by atoms with Crippen molar-refractivity contribution in [2.24, 2.45) is 0 Å². The fourth-order valence-electron chi connectivity index (χ4n) is 7.09. The van der Waals surface area contributed by atoms with Gasteiger partial charge in [-0.2, -0.15) is 8.42 Å². The maximum Gasteiger partial charge on any atom is 0.306 e. The molecule has 0 aromatic carbocycles. The van der Waals surface area contributed by atoms with Gasteiger partial charge in [0.2, 0.25) is 0 Å². The van der Waals surface area contributed by atoms with E-state index in [2.05, 4.69) is 62.5 Å². The van der Waals surface area contributed by atoms with Crippen LogP contribution in [-0.2, 0) is 38.7 Å². The second-order valence-electron chi connectivity index (χ2n) is 16.8. The summed E-state index contributed by atoms with van der Waals surface area (Å²) in [7, 11) is -4.61. The molecule has 2 unspecified atom stereocenters. The summed E-state index contributed by atoms with van der Waals surface area (Å²) < 4.78 is 54.1. The summed E-state index contributed by atoms with van der Waals surface area (Å²) in [5.74, 6) is -2.00. The van der Waals surface area contributed by atoms with Crippen LogP contribution in [0.5, 0.6) is 0 Å². The maximum absolute atomic E-state index is 12.8. The molecule has 0 saturated carbocycles. The summed E-state index contributed by atoms with van der Waals surface area (Å²) >= 11 is 0. The summed E-state index contributed by atoms with van der Waals surface area (Å²) in [4.78, 5) is 25.5. The molecule has 1 heterocycles. The van der Waals surface area contributed by atoms with Crippen molar-refractivity contribution in [3.63, 3.8) is 0 Å². The van der Waals surface area contributed by atoms with Crippen molar-refractivity contribution in [3.05, 3.63) is 48.6 Å². The second kappa shape index (κ2) is 39.0. The van der Waals surface area contributed by atoms with Gasteiger partial charge < -0.3 is 34.3 Å². The monoisotopic (exact) mass is 899 g/mol. The predicted molar refractivity (Wildman–Crippen MR) is 247 cm³/mol. The molecule has 4 N–H and O–H groups in total. The highest BCUT2D eigenvalue weighted by molar-refractivity contribution is 7.85. The van der Waals surface area contributed by atoms with Gasteiger partial charge in [-0.3, -0.25) is 14.1 Å². The molecule has 0 radical (unpaired) electrons. The van der Waals surface area contributed by atoms with E-state index in [1.807, 2.05) is 0 Å². The van der Waals surface area contributed by atoms with E-state index in [0.717, 1.165) is 83.5 Å². The van der Waals surface area contributed by atoms with E-state index in [1.54, 1.807) is 0 Å². The smallest absolute Gasteiger partial charge is 0.306 e. The van der Waals surface area contributed by atoms with Gasteiger partial charge in [0.05, 0.1) is 6.61 Å². The Labute approximate surface area is 375 Å². The van der Waals surface area contributed by atoms with Crippen LogP contribution in [0.25, 0.3) is 0 Å². The lowest BCUT2D eigenvalue weighted by Crippen LogP contribution is -2.60. The molecule has 1 aliphatic heterocycles. The van der Waals surface area contributed by atoms with Crippen molar-refractivity contribution in [1.82, 2.24) is 0 Å². The van der Waals surface area contributed by atoms with Crippen LogP contribution in [0.3, 0.4) is 0 Å². The molecule has 360 valence electrons. The van der Waals surface area contributed by atoms with Crippen LogP contribution in [0.2, 0.25) is 0 Å². The third-order valence-corrected chi connectivity index (χ3v) is 11.6. The highest BCUT2D eigenvalue weighted by Crippen LogP contribution is 2.24. The van der Waals surface area contributed by atoms with Crippen molar-refractivity contribution in [3.8, 4) is 0 Å². The molecule has 62 heavy (non-hydrogen) atoms. The Bertz CT molecular complexity index is 1330. The van der Waals surface area contributed by atoms with Gasteiger partial charge in [0.25, 0.3) is 10.1 Å². The summed E-state index contributed by atoms with van der Waals surface area (Å²) in [6.07, 6.45) is 37.1. The number of carbonyl (C=O) groups excluding carboxylic acids is 2. The van der Waals surface area contributed by atoms with E-state index in [0.29, 0.717) is 12.8 Å². The lowest BCUT2D eigenvalue weighted by Gasteiger charge is -2.40. The Hall–Kier alpha value is -2.39. The molecule has 1 fully saturated rings. The first-order valence-electron chi connectivity index (χ1n) is 24.2. The zero-order valence-corrected chi connectivity index (χ0v) is 39.3. The third-order valence-electron chi connectivity index (χ3n) is 10.9. The van der Waals surface area contributed by atoms with Crippen molar-refractivity contribution in [1.29, 1.82) is 0 Å². The fraction of sp³-hybridized carbons (Fsp3) is 0.796. The summed E-state index contributed by atoms with van der Waals surface area (Å²) in [5, 5.41) is 30.9. The zero-order chi connectivity index (χ0) is 45.5. The molecule has 6 atom stereocenters. The quantitative estimate of drug-likeness (QED) is 0.0198. The third kappa shape index (κ3) is 33.2. The first-order valence-corrected chi connectivity index (χ1v) is 25.8. The SMILES string of the molecule is CCCCC/C=C/C/C=C/CCCCCCCCCC(=O)OC[C@H](CO[C@H]1O[C@H](CS(=O)(=O)O)[C@@H](O)C(O)C1O)OC(=O)CCCCCCCCC/C=C/C/C=C/CCCCC. The summed E-state index contributed by atoms with van der Waals surface area (Å²) in [6.45, 7) is 3.70. The molecule has 0 aromatic rings. The number of esters is 2. The van der Waals surface area contributed by atoms with E-state index in [-0.39, 0.29) is 19.4 Å². The molecule has 1 aliphatic rings. The van der Waals surface area contributed by atoms with Gasteiger partial charge >= 0.3 is 11.9 Å². The number of rotatable bonds is 40. The number of hydrogen-bond acceptors (Lipinski definition) is 11. The van der Waals surface area contributed by atoms with Gasteiger partial charge in [0.1, 0.15) is 36.8 Å². The number of ether oxygens (including phenoxy) is 4. The van der Waals surface area contributed by atoms with Crippen LogP contribution >= 0.6 is 0 Å². The Balaban J connectivity index is 2.42. The molecule has 1 saturated heterocycles. The highest BCUT2D eigenvalue weighted by Gasteiger charge is 2.46. The Morgan fingerprint density at radius 3 is 1.42 bits per heavy atom. The Morgan fingerprint density at radius 1 is 0.548 bits per heavy atom. The second-order valence-corrected chi connectivity index (χ2v) is 18.3. The average molecular weight is 899 g/mol. The van der Waals surface area contributed by atoms with Crippen molar-refractivity contribution in [2.45, 2.75) is 230 Å². The lowest BCUT2D eigenvalue weighted by atomic mass is 10.00. The van der Waals surface area contributed by atoms with Gasteiger partial charge in [-0.15, -0.1) is 0 Å². The number of hydrogen-bond donors (Lipinski definition) is 4.